The quantitative estimate of drug-likeness (QED) is 0.292. The minimum atomic E-state index is -4.70. The normalized spacial score (nSPS) is 25.7. The molecule has 0 spiro atoms. The molecule has 0 saturated carbocycles. The predicted molar refractivity (Wildman–Crippen MR) is 132 cm³/mol. The molecule has 4 rings (SSSR count). The van der Waals surface area contributed by atoms with Crippen LogP contribution < -0.4 is 10.6 Å². The number of ether oxygens (including phenoxy) is 1. The van der Waals surface area contributed by atoms with Crippen molar-refractivity contribution < 1.29 is 41.2 Å². The Balaban J connectivity index is 1.56. The van der Waals surface area contributed by atoms with Crippen LogP contribution in [0.2, 0.25) is 0 Å². The average molecular weight is 628 g/mol. The summed E-state index contributed by atoms with van der Waals surface area (Å²) in [5, 5.41) is 17.4. The topological polar surface area (TPSA) is 117 Å². The summed E-state index contributed by atoms with van der Waals surface area (Å²) in [5.41, 5.74) is -0.875. The molecule has 2 N–H and O–H groups in total. The third-order valence-electron chi connectivity index (χ3n) is 6.98. The second-order valence-electron chi connectivity index (χ2n) is 9.91. The molecule has 2 amide bonds. The molecular weight excluding hydrogens is 601 g/mol. The van der Waals surface area contributed by atoms with Crippen LogP contribution in [0.5, 0.6) is 0 Å². The fraction of sp³-hybridized carbons (Fsp3) is 0.652. The summed E-state index contributed by atoms with van der Waals surface area (Å²) in [5.74, 6) is -5.24. The lowest BCUT2D eigenvalue weighted by Gasteiger charge is -2.38. The van der Waals surface area contributed by atoms with E-state index in [-0.39, 0.29) is 42.0 Å². The van der Waals surface area contributed by atoms with E-state index in [0.717, 1.165) is 4.90 Å². The molecule has 1 unspecified atom stereocenters. The van der Waals surface area contributed by atoms with E-state index in [1.165, 1.54) is 17.0 Å². The van der Waals surface area contributed by atoms with Crippen LogP contribution in [0.4, 0.5) is 33.3 Å². The SMILES string of the molecule is O=C(c1cc(Br)cc([N+](=O)[O-])c1N[C@@H]1CCCN(C(=O)C2CNCC(F)(F)C2)C1)N1CCO[C@H](C(F)(F)F)C1. The van der Waals surface area contributed by atoms with Gasteiger partial charge in [0.1, 0.15) is 5.69 Å². The molecule has 3 heterocycles. The van der Waals surface area contributed by atoms with E-state index < -0.39 is 72.1 Å². The summed E-state index contributed by atoms with van der Waals surface area (Å²) >= 11 is 3.13. The highest BCUT2D eigenvalue weighted by Crippen LogP contribution is 2.36. The molecule has 16 heteroatoms. The Labute approximate surface area is 228 Å². The van der Waals surface area contributed by atoms with Gasteiger partial charge in [-0.25, -0.2) is 8.78 Å². The van der Waals surface area contributed by atoms with Gasteiger partial charge in [-0.2, -0.15) is 13.2 Å². The number of morpholine rings is 1. The molecular formula is C23H27BrF5N5O5. The number of alkyl halides is 5. The first kappa shape index (κ1) is 29.4. The third kappa shape index (κ3) is 6.95. The van der Waals surface area contributed by atoms with Gasteiger partial charge in [-0.3, -0.25) is 19.7 Å². The van der Waals surface area contributed by atoms with Crippen molar-refractivity contribution >= 4 is 39.1 Å². The van der Waals surface area contributed by atoms with Crippen molar-refractivity contribution in [3.63, 3.8) is 0 Å². The van der Waals surface area contributed by atoms with Gasteiger partial charge in [0.2, 0.25) is 5.91 Å². The van der Waals surface area contributed by atoms with Crippen LogP contribution in [0.15, 0.2) is 16.6 Å². The molecule has 39 heavy (non-hydrogen) atoms. The zero-order valence-electron chi connectivity index (χ0n) is 20.6. The summed E-state index contributed by atoms with van der Waals surface area (Å²) in [6.07, 6.45) is -6.53. The van der Waals surface area contributed by atoms with E-state index >= 15 is 0 Å². The summed E-state index contributed by atoms with van der Waals surface area (Å²) in [6.45, 7) is -1.29. The van der Waals surface area contributed by atoms with Gasteiger partial charge >= 0.3 is 6.18 Å². The predicted octanol–water partition coefficient (Wildman–Crippen LogP) is 3.41. The summed E-state index contributed by atoms with van der Waals surface area (Å²) in [6, 6.07) is 1.88. The Kier molecular flexibility index (Phi) is 8.66. The second kappa shape index (κ2) is 11.5. The van der Waals surface area contributed by atoms with E-state index in [9.17, 15) is 41.7 Å². The van der Waals surface area contributed by atoms with E-state index in [1.54, 1.807) is 0 Å². The van der Waals surface area contributed by atoms with E-state index in [0.29, 0.717) is 19.4 Å². The fourth-order valence-electron chi connectivity index (χ4n) is 5.13. The molecule has 3 atom stereocenters. The Morgan fingerprint density at radius 2 is 1.95 bits per heavy atom. The van der Waals surface area contributed by atoms with Crippen LogP contribution in [-0.2, 0) is 9.53 Å². The Morgan fingerprint density at radius 1 is 1.21 bits per heavy atom. The highest BCUT2D eigenvalue weighted by atomic mass is 79.9. The minimum Gasteiger partial charge on any atom is -0.374 e. The zero-order valence-corrected chi connectivity index (χ0v) is 22.2. The van der Waals surface area contributed by atoms with Gasteiger partial charge in [0.05, 0.1) is 36.1 Å². The lowest BCUT2D eigenvalue weighted by Crippen LogP contribution is -2.53. The number of amides is 2. The van der Waals surface area contributed by atoms with Crippen LogP contribution in [0, 0.1) is 16.0 Å². The largest absolute Gasteiger partial charge is 0.416 e. The van der Waals surface area contributed by atoms with Gasteiger partial charge in [-0.1, -0.05) is 15.9 Å². The van der Waals surface area contributed by atoms with Crippen LogP contribution in [-0.4, -0.2) is 96.7 Å². The lowest BCUT2D eigenvalue weighted by atomic mass is 9.94. The van der Waals surface area contributed by atoms with E-state index in [2.05, 4.69) is 26.6 Å². The Bertz CT molecular complexity index is 1120. The number of benzene rings is 1. The van der Waals surface area contributed by atoms with Crippen molar-refractivity contribution in [1.29, 1.82) is 0 Å². The van der Waals surface area contributed by atoms with Gasteiger partial charge in [0, 0.05) is 49.2 Å². The number of nitro benzene ring substituents is 1. The van der Waals surface area contributed by atoms with Gasteiger partial charge in [-0.05, 0) is 18.9 Å². The zero-order chi connectivity index (χ0) is 28.5. The van der Waals surface area contributed by atoms with Crippen molar-refractivity contribution in [2.75, 3.05) is 51.2 Å². The molecule has 3 aliphatic heterocycles. The molecule has 1 aromatic rings. The Hall–Kier alpha value is -2.59. The average Bonchev–Trinajstić information content (AvgIpc) is 2.87. The second-order valence-corrected chi connectivity index (χ2v) is 10.8. The number of halogens is 6. The molecule has 0 aromatic heterocycles. The number of hydrogen-bond donors (Lipinski definition) is 2. The van der Waals surface area contributed by atoms with Crippen molar-refractivity contribution in [2.24, 2.45) is 5.92 Å². The fourth-order valence-corrected chi connectivity index (χ4v) is 5.57. The molecule has 3 fully saturated rings. The van der Waals surface area contributed by atoms with Crippen molar-refractivity contribution in [2.45, 2.75) is 43.5 Å². The van der Waals surface area contributed by atoms with Crippen molar-refractivity contribution in [3.8, 4) is 0 Å². The number of anilines is 1. The van der Waals surface area contributed by atoms with E-state index in [4.69, 9.17) is 4.74 Å². The molecule has 0 bridgehead atoms. The molecule has 3 saturated heterocycles. The van der Waals surface area contributed by atoms with Crippen LogP contribution in [0.3, 0.4) is 0 Å². The van der Waals surface area contributed by atoms with Crippen LogP contribution >= 0.6 is 15.9 Å². The molecule has 3 aliphatic rings. The third-order valence-corrected chi connectivity index (χ3v) is 7.44. The maximum absolute atomic E-state index is 13.8. The number of rotatable bonds is 5. The molecule has 1 aromatic carbocycles. The minimum absolute atomic E-state index is 0.0510. The maximum atomic E-state index is 13.8. The smallest absolute Gasteiger partial charge is 0.374 e. The monoisotopic (exact) mass is 627 g/mol. The van der Waals surface area contributed by atoms with E-state index in [1.807, 2.05) is 0 Å². The molecule has 10 nitrogen and oxygen atoms in total. The van der Waals surface area contributed by atoms with Gasteiger partial charge in [0.15, 0.2) is 6.10 Å². The van der Waals surface area contributed by atoms with Gasteiger partial charge in [-0.15, -0.1) is 0 Å². The Morgan fingerprint density at radius 3 is 2.62 bits per heavy atom. The molecule has 0 radical (unpaired) electrons. The number of carbonyl (C=O) groups excluding carboxylic acids is 2. The standard InChI is InChI=1S/C23H27BrF5N5O5/c24-14-6-16(21(36)33-4-5-39-18(11-33)23(27,28)29)19(17(7-14)34(37)38)31-15-2-1-3-32(10-15)20(35)13-8-22(25,26)12-30-9-13/h6-7,13,15,18,30-31H,1-5,8-12H2/t13?,15-,18+/m1/s1. The number of nitrogens with zero attached hydrogens (tertiary/aromatic N) is 3. The van der Waals surface area contributed by atoms with Crippen LogP contribution in [0.25, 0.3) is 0 Å². The summed E-state index contributed by atoms with van der Waals surface area (Å²) < 4.78 is 72.3. The molecule has 216 valence electrons. The highest BCUT2D eigenvalue weighted by molar-refractivity contribution is 9.10. The summed E-state index contributed by atoms with van der Waals surface area (Å²) in [4.78, 5) is 39.9. The number of piperidine rings is 2. The molecule has 0 aliphatic carbocycles. The number of nitro groups is 1. The van der Waals surface area contributed by atoms with Gasteiger partial charge in [0.25, 0.3) is 17.5 Å². The number of nitrogens with one attached hydrogen (secondary N) is 2. The van der Waals surface area contributed by atoms with Crippen molar-refractivity contribution in [3.05, 3.63) is 32.3 Å². The first-order chi connectivity index (χ1) is 18.2. The number of carbonyl (C=O) groups is 2. The lowest BCUT2D eigenvalue weighted by molar-refractivity contribution is -0.384. The van der Waals surface area contributed by atoms with Crippen LogP contribution in [0.1, 0.15) is 29.6 Å². The number of likely N-dealkylation sites (tertiary alicyclic amines) is 1. The highest BCUT2D eigenvalue weighted by Gasteiger charge is 2.45. The summed E-state index contributed by atoms with van der Waals surface area (Å²) in [7, 11) is 0. The first-order valence-corrected chi connectivity index (χ1v) is 13.1. The maximum Gasteiger partial charge on any atom is 0.416 e. The van der Waals surface area contributed by atoms with Crippen molar-refractivity contribution in [1.82, 2.24) is 15.1 Å². The first-order valence-electron chi connectivity index (χ1n) is 12.3. The number of hydrogen-bond acceptors (Lipinski definition) is 7. The van der Waals surface area contributed by atoms with Gasteiger partial charge < -0.3 is 25.2 Å².